The van der Waals surface area contributed by atoms with Crippen LogP contribution in [0.5, 0.6) is 0 Å². The molecule has 2 N–H and O–H groups in total. The van der Waals surface area contributed by atoms with Crippen molar-refractivity contribution in [3.05, 3.63) is 205 Å². The average Bonchev–Trinajstić information content (AvgIpc) is 3.40. The molecule has 7 aromatic carbocycles. The monoisotopic (exact) mass is 897 g/mol. The number of fused-ring (bicyclic) bond motifs is 2. The first-order valence-corrected chi connectivity index (χ1v) is 23.4. The van der Waals surface area contributed by atoms with E-state index in [0.717, 1.165) is 107 Å². The van der Waals surface area contributed by atoms with E-state index in [-0.39, 0.29) is 12.0 Å². The highest BCUT2D eigenvalue weighted by Gasteiger charge is 2.23. The zero-order chi connectivity index (χ0) is 46.7. The van der Waals surface area contributed by atoms with Crippen LogP contribution in [0, 0.1) is 0 Å². The summed E-state index contributed by atoms with van der Waals surface area (Å²) < 4.78 is 5.61. The SMILES string of the molecule is CN(C)c1ccc(-c2nc(NCC(c3ccccc3)N3CCOCC3)c3ccccc3n2)cc1.CN(C)c1ccc(-c2nc(NCC(c3ccccc3)c3ccccc3)c3ccccc3n2)cc1. The molecule has 342 valence electrons. The first-order chi connectivity index (χ1) is 33.4. The Morgan fingerprint density at radius 3 is 1.29 bits per heavy atom. The van der Waals surface area contributed by atoms with Crippen molar-refractivity contribution in [3.8, 4) is 22.8 Å². The Morgan fingerprint density at radius 1 is 0.456 bits per heavy atom. The molecule has 10 heteroatoms. The second-order valence-electron chi connectivity index (χ2n) is 17.4. The van der Waals surface area contributed by atoms with Crippen LogP contribution >= 0.6 is 0 Å². The van der Waals surface area contributed by atoms with Crippen molar-refractivity contribution in [2.24, 2.45) is 0 Å². The van der Waals surface area contributed by atoms with Crippen LogP contribution in [0.1, 0.15) is 28.7 Å². The zero-order valence-electron chi connectivity index (χ0n) is 39.3. The Bertz CT molecular complexity index is 2960. The van der Waals surface area contributed by atoms with E-state index >= 15 is 0 Å². The van der Waals surface area contributed by atoms with Gasteiger partial charge in [-0.2, -0.15) is 0 Å². The fourth-order valence-corrected chi connectivity index (χ4v) is 8.71. The topological polar surface area (TPSA) is 94.6 Å². The number of anilines is 4. The van der Waals surface area contributed by atoms with Crippen molar-refractivity contribution in [3.63, 3.8) is 0 Å². The van der Waals surface area contributed by atoms with Crippen molar-refractivity contribution in [1.82, 2.24) is 24.8 Å². The van der Waals surface area contributed by atoms with Crippen molar-refractivity contribution < 1.29 is 4.74 Å². The summed E-state index contributed by atoms with van der Waals surface area (Å²) in [4.78, 5) is 26.3. The number of benzene rings is 7. The number of para-hydroxylation sites is 2. The Labute approximate surface area is 400 Å². The summed E-state index contributed by atoms with van der Waals surface area (Å²) in [6, 6.07) is 65.3. The smallest absolute Gasteiger partial charge is 0.162 e. The van der Waals surface area contributed by atoms with Crippen LogP contribution in [0.25, 0.3) is 44.6 Å². The van der Waals surface area contributed by atoms with Crippen LogP contribution in [0.15, 0.2) is 188 Å². The molecule has 1 aliphatic rings. The average molecular weight is 898 g/mol. The summed E-state index contributed by atoms with van der Waals surface area (Å²) in [7, 11) is 8.17. The third-order valence-electron chi connectivity index (χ3n) is 12.5. The molecular formula is C58H59N9O. The second kappa shape index (κ2) is 21.8. The maximum Gasteiger partial charge on any atom is 0.162 e. The van der Waals surface area contributed by atoms with Gasteiger partial charge in [0.1, 0.15) is 11.6 Å². The lowest BCUT2D eigenvalue weighted by Gasteiger charge is -2.35. The van der Waals surface area contributed by atoms with Gasteiger partial charge in [0.25, 0.3) is 0 Å². The summed E-state index contributed by atoms with van der Waals surface area (Å²) in [6.45, 7) is 4.88. The predicted molar refractivity (Wildman–Crippen MR) is 282 cm³/mol. The number of hydrogen-bond acceptors (Lipinski definition) is 10. The Balaban J connectivity index is 0.000000170. The number of rotatable bonds is 14. The minimum absolute atomic E-state index is 0.207. The summed E-state index contributed by atoms with van der Waals surface area (Å²) >= 11 is 0. The van der Waals surface area contributed by atoms with E-state index in [2.05, 4.69) is 183 Å². The van der Waals surface area contributed by atoms with Crippen LogP contribution in [0.3, 0.4) is 0 Å². The molecule has 1 unspecified atom stereocenters. The molecule has 1 atom stereocenters. The molecule has 0 bridgehead atoms. The minimum atomic E-state index is 0.207. The van der Waals surface area contributed by atoms with E-state index in [1.54, 1.807) is 0 Å². The molecular weight excluding hydrogens is 839 g/mol. The van der Waals surface area contributed by atoms with E-state index in [1.165, 1.54) is 16.7 Å². The molecule has 68 heavy (non-hydrogen) atoms. The maximum atomic E-state index is 5.61. The fraction of sp³-hybridized carbons (Fsp3) is 0.207. The Hall–Kier alpha value is -7.66. The van der Waals surface area contributed by atoms with Gasteiger partial charge in [0.15, 0.2) is 11.6 Å². The molecule has 10 rings (SSSR count). The van der Waals surface area contributed by atoms with Crippen molar-refractivity contribution >= 4 is 44.8 Å². The summed E-state index contributed by atoms with van der Waals surface area (Å²) in [6.07, 6.45) is 0. The second-order valence-corrected chi connectivity index (χ2v) is 17.4. The van der Waals surface area contributed by atoms with Gasteiger partial charge in [0.05, 0.1) is 30.3 Å². The molecule has 1 aliphatic heterocycles. The maximum absolute atomic E-state index is 5.61. The molecule has 9 aromatic rings. The van der Waals surface area contributed by atoms with Crippen LogP contribution in [0.4, 0.5) is 23.0 Å². The molecule has 2 aromatic heterocycles. The van der Waals surface area contributed by atoms with Gasteiger partial charge in [-0.1, -0.05) is 115 Å². The standard InChI is InChI=1S/C30H28N4.C28H31N5O/c1-34(2)25-19-17-24(18-20-25)29-32-28-16-10-9-15-26(28)30(33-29)31-21-27(22-11-5-3-6-12-22)23-13-7-4-8-14-23;1-32(2)23-14-12-22(13-15-23)27-30-25-11-7-6-10-24(25)28(31-27)29-20-26(21-8-4-3-5-9-21)33-16-18-34-19-17-33/h3-20,27H,21H2,1-2H3,(H,31,32,33);3-15,26H,16-20H2,1-2H3,(H,29,30,31). The zero-order valence-corrected chi connectivity index (χ0v) is 39.3. The highest BCUT2D eigenvalue weighted by molar-refractivity contribution is 5.91. The van der Waals surface area contributed by atoms with Crippen molar-refractivity contribution in [2.75, 3.05) is 88.0 Å². The molecule has 0 amide bonds. The number of nitrogens with zero attached hydrogens (tertiary/aromatic N) is 7. The van der Waals surface area contributed by atoms with E-state index in [0.29, 0.717) is 0 Å². The third kappa shape index (κ3) is 11.0. The molecule has 0 radical (unpaired) electrons. The van der Waals surface area contributed by atoms with Gasteiger partial charge in [0.2, 0.25) is 0 Å². The molecule has 10 nitrogen and oxygen atoms in total. The lowest BCUT2D eigenvalue weighted by atomic mass is 9.91. The van der Waals surface area contributed by atoms with Crippen LogP contribution < -0.4 is 20.4 Å². The Morgan fingerprint density at radius 2 is 0.853 bits per heavy atom. The normalized spacial score (nSPS) is 13.1. The molecule has 3 heterocycles. The van der Waals surface area contributed by atoms with Crippen LogP contribution in [0.2, 0.25) is 0 Å². The minimum Gasteiger partial charge on any atom is -0.379 e. The predicted octanol–water partition coefficient (Wildman–Crippen LogP) is 11.5. The Kier molecular flexibility index (Phi) is 14.6. The molecule has 0 aliphatic carbocycles. The summed E-state index contributed by atoms with van der Waals surface area (Å²) in [5.74, 6) is 3.39. The number of morpholine rings is 1. The molecule has 0 spiro atoms. The van der Waals surface area contributed by atoms with E-state index in [1.807, 2.05) is 58.5 Å². The largest absolute Gasteiger partial charge is 0.379 e. The number of ether oxygens (including phenoxy) is 1. The fourth-order valence-electron chi connectivity index (χ4n) is 8.71. The van der Waals surface area contributed by atoms with Gasteiger partial charge in [-0.15, -0.1) is 0 Å². The van der Waals surface area contributed by atoms with Crippen molar-refractivity contribution in [1.29, 1.82) is 0 Å². The van der Waals surface area contributed by atoms with Gasteiger partial charge >= 0.3 is 0 Å². The number of aromatic nitrogens is 4. The lowest BCUT2D eigenvalue weighted by Crippen LogP contribution is -2.41. The quantitative estimate of drug-likeness (QED) is 0.110. The third-order valence-corrected chi connectivity index (χ3v) is 12.5. The molecule has 1 fully saturated rings. The van der Waals surface area contributed by atoms with E-state index in [9.17, 15) is 0 Å². The first kappa shape index (κ1) is 45.5. The van der Waals surface area contributed by atoms with Crippen LogP contribution in [-0.2, 0) is 4.74 Å². The van der Waals surface area contributed by atoms with Crippen molar-refractivity contribution in [2.45, 2.75) is 12.0 Å². The number of nitrogens with one attached hydrogen (secondary N) is 2. The highest BCUT2D eigenvalue weighted by atomic mass is 16.5. The van der Waals surface area contributed by atoms with E-state index in [4.69, 9.17) is 24.7 Å². The van der Waals surface area contributed by atoms with Gasteiger partial charge in [-0.05, 0) is 89.5 Å². The van der Waals surface area contributed by atoms with Gasteiger partial charge in [-0.25, -0.2) is 19.9 Å². The lowest BCUT2D eigenvalue weighted by molar-refractivity contribution is 0.0187. The van der Waals surface area contributed by atoms with Gasteiger partial charge in [-0.3, -0.25) is 4.90 Å². The number of hydrogen-bond donors (Lipinski definition) is 2. The summed E-state index contributed by atoms with van der Waals surface area (Å²) in [5, 5.41) is 9.40. The van der Waals surface area contributed by atoms with E-state index < -0.39 is 0 Å². The summed E-state index contributed by atoms with van der Waals surface area (Å²) in [5.41, 5.74) is 10.0. The first-order valence-electron chi connectivity index (χ1n) is 23.4. The molecule has 1 saturated heterocycles. The highest BCUT2D eigenvalue weighted by Crippen LogP contribution is 2.31. The van der Waals surface area contributed by atoms with Gasteiger partial charge < -0.3 is 25.2 Å². The van der Waals surface area contributed by atoms with Gasteiger partial charge in [0, 0.05) is 93.6 Å². The molecule has 0 saturated carbocycles. The van der Waals surface area contributed by atoms with Crippen LogP contribution in [-0.4, -0.2) is 92.4 Å².